The Balaban J connectivity index is 2.35. The minimum atomic E-state index is -1.08. The van der Waals surface area contributed by atoms with Crippen LogP contribution in [0.25, 0.3) is 10.8 Å². The van der Waals surface area contributed by atoms with Gasteiger partial charge in [0, 0.05) is 18.0 Å². The van der Waals surface area contributed by atoms with E-state index in [1.165, 1.54) is 0 Å². The van der Waals surface area contributed by atoms with Gasteiger partial charge in [-0.15, -0.1) is 0 Å². The van der Waals surface area contributed by atoms with Crippen molar-refractivity contribution in [1.82, 2.24) is 0 Å². The average Bonchev–Trinajstić information content (AvgIpc) is 2.36. The third-order valence-corrected chi connectivity index (χ3v) is 2.96. The van der Waals surface area contributed by atoms with E-state index >= 15 is 0 Å². The number of quaternary nitrogens is 1. The number of methoxy groups -OCH3 is 1. The van der Waals surface area contributed by atoms with Crippen LogP contribution in [-0.2, 0) is 4.79 Å². The lowest BCUT2D eigenvalue weighted by Crippen LogP contribution is -2.55. The van der Waals surface area contributed by atoms with E-state index in [4.69, 9.17) is 4.74 Å². The molecule has 0 unspecified atom stereocenters. The zero-order chi connectivity index (χ0) is 13.1. The van der Waals surface area contributed by atoms with Crippen LogP contribution in [0.1, 0.15) is 18.0 Å². The fourth-order valence-electron chi connectivity index (χ4n) is 1.94. The first-order chi connectivity index (χ1) is 8.60. The third kappa shape index (κ3) is 2.60. The fraction of sp³-hybridized carbons (Fsp3) is 0.214. The van der Waals surface area contributed by atoms with Crippen LogP contribution in [0.3, 0.4) is 0 Å². The molecular formula is C14H15NO3. The van der Waals surface area contributed by atoms with Gasteiger partial charge in [-0.25, -0.2) is 0 Å². The predicted octanol–water partition coefficient (Wildman–Crippen LogP) is 0.271. The van der Waals surface area contributed by atoms with Crippen LogP contribution in [0.15, 0.2) is 36.4 Å². The van der Waals surface area contributed by atoms with Gasteiger partial charge in [0.15, 0.2) is 0 Å². The molecule has 1 atom stereocenters. The Morgan fingerprint density at radius 2 is 1.94 bits per heavy atom. The molecule has 18 heavy (non-hydrogen) atoms. The van der Waals surface area contributed by atoms with Gasteiger partial charge >= 0.3 is 0 Å². The van der Waals surface area contributed by atoms with Crippen molar-refractivity contribution in [2.24, 2.45) is 0 Å². The SMILES string of the molecule is COc1ccc2cc([C@@H]([NH3+])CC(=O)[O-])ccc2c1. The lowest BCUT2D eigenvalue weighted by molar-refractivity contribution is -0.430. The first kappa shape index (κ1) is 12.4. The third-order valence-electron chi connectivity index (χ3n) is 2.96. The van der Waals surface area contributed by atoms with Crippen LogP contribution in [0.2, 0.25) is 0 Å². The molecule has 2 aromatic carbocycles. The van der Waals surface area contributed by atoms with Crippen molar-refractivity contribution in [3.8, 4) is 5.75 Å². The number of carbonyl (C=O) groups excluding carboxylic acids is 1. The van der Waals surface area contributed by atoms with Crippen LogP contribution in [0, 0.1) is 0 Å². The number of hydrogen-bond acceptors (Lipinski definition) is 3. The number of hydrogen-bond donors (Lipinski definition) is 1. The zero-order valence-corrected chi connectivity index (χ0v) is 10.2. The first-order valence-electron chi connectivity index (χ1n) is 5.71. The Morgan fingerprint density at radius 1 is 1.28 bits per heavy atom. The van der Waals surface area contributed by atoms with Gasteiger partial charge in [-0.05, 0) is 29.0 Å². The normalized spacial score (nSPS) is 12.3. The van der Waals surface area contributed by atoms with E-state index in [0.717, 1.165) is 22.1 Å². The molecule has 0 aliphatic rings. The molecule has 0 aliphatic heterocycles. The first-order valence-corrected chi connectivity index (χ1v) is 5.71. The number of ether oxygens (including phenoxy) is 1. The maximum atomic E-state index is 10.6. The molecule has 0 saturated carbocycles. The van der Waals surface area contributed by atoms with E-state index in [-0.39, 0.29) is 12.5 Å². The molecule has 0 bridgehead atoms. The van der Waals surface area contributed by atoms with Gasteiger partial charge < -0.3 is 20.4 Å². The molecule has 4 heteroatoms. The molecule has 0 amide bonds. The summed E-state index contributed by atoms with van der Waals surface area (Å²) in [7, 11) is 1.63. The molecule has 0 aliphatic carbocycles. The molecule has 3 N–H and O–H groups in total. The van der Waals surface area contributed by atoms with Gasteiger partial charge in [0.2, 0.25) is 0 Å². The summed E-state index contributed by atoms with van der Waals surface area (Å²) in [5.74, 6) is -0.277. The van der Waals surface area contributed by atoms with Crippen LogP contribution in [-0.4, -0.2) is 13.1 Å². The lowest BCUT2D eigenvalue weighted by Gasteiger charge is -2.11. The minimum Gasteiger partial charge on any atom is -0.550 e. The van der Waals surface area contributed by atoms with Gasteiger partial charge in [-0.2, -0.15) is 0 Å². The monoisotopic (exact) mass is 245 g/mol. The number of benzene rings is 2. The minimum absolute atomic E-state index is 0.0678. The van der Waals surface area contributed by atoms with Crippen molar-refractivity contribution in [1.29, 1.82) is 0 Å². The van der Waals surface area contributed by atoms with E-state index in [2.05, 4.69) is 5.73 Å². The Bertz CT molecular complexity index is 580. The van der Waals surface area contributed by atoms with Crippen molar-refractivity contribution in [3.05, 3.63) is 42.0 Å². The summed E-state index contributed by atoms with van der Waals surface area (Å²) >= 11 is 0. The van der Waals surface area contributed by atoms with Crippen molar-refractivity contribution in [3.63, 3.8) is 0 Å². The van der Waals surface area contributed by atoms with E-state index < -0.39 is 5.97 Å². The number of carboxylic acids is 1. The second kappa shape index (κ2) is 5.06. The summed E-state index contributed by atoms with van der Waals surface area (Å²) in [4.78, 5) is 10.6. The maximum absolute atomic E-state index is 10.6. The number of aliphatic carboxylic acids is 1. The number of carbonyl (C=O) groups is 1. The van der Waals surface area contributed by atoms with Crippen LogP contribution < -0.4 is 15.6 Å². The molecule has 2 aromatic rings. The highest BCUT2D eigenvalue weighted by molar-refractivity contribution is 5.84. The molecule has 0 spiro atoms. The van der Waals surface area contributed by atoms with Crippen molar-refractivity contribution in [2.45, 2.75) is 12.5 Å². The fourth-order valence-corrected chi connectivity index (χ4v) is 1.94. The van der Waals surface area contributed by atoms with E-state index in [1.54, 1.807) is 7.11 Å². The van der Waals surface area contributed by atoms with Crippen molar-refractivity contribution >= 4 is 16.7 Å². The summed E-state index contributed by atoms with van der Waals surface area (Å²) in [6, 6.07) is 11.3. The van der Waals surface area contributed by atoms with Crippen molar-refractivity contribution < 1.29 is 20.4 Å². The average molecular weight is 245 g/mol. The van der Waals surface area contributed by atoms with Crippen LogP contribution >= 0.6 is 0 Å². The Labute approximate surface area is 105 Å². The van der Waals surface area contributed by atoms with Gasteiger partial charge in [0.25, 0.3) is 0 Å². The molecule has 0 fully saturated rings. The highest BCUT2D eigenvalue weighted by Gasteiger charge is 2.10. The largest absolute Gasteiger partial charge is 0.550 e. The van der Waals surface area contributed by atoms with Crippen molar-refractivity contribution in [2.75, 3.05) is 7.11 Å². The van der Waals surface area contributed by atoms with E-state index in [1.807, 2.05) is 36.4 Å². The van der Waals surface area contributed by atoms with Gasteiger partial charge in [0.1, 0.15) is 11.8 Å². The summed E-state index contributed by atoms with van der Waals surface area (Å²) < 4.78 is 5.15. The Morgan fingerprint density at radius 3 is 2.61 bits per heavy atom. The van der Waals surface area contributed by atoms with Gasteiger partial charge in [-0.3, -0.25) is 0 Å². The standard InChI is InChI=1S/C14H15NO3/c1-18-12-5-4-9-6-11(3-2-10(9)7-12)13(15)8-14(16)17/h2-7,13H,8,15H2,1H3,(H,16,17)/t13-/m0/s1. The Kier molecular flexibility index (Phi) is 3.48. The Hall–Kier alpha value is -2.07. The predicted molar refractivity (Wildman–Crippen MR) is 65.8 cm³/mol. The number of rotatable bonds is 4. The molecule has 0 radical (unpaired) electrons. The second-order valence-corrected chi connectivity index (χ2v) is 4.25. The molecule has 4 nitrogen and oxygen atoms in total. The zero-order valence-electron chi connectivity index (χ0n) is 10.2. The molecule has 94 valence electrons. The molecule has 0 heterocycles. The van der Waals surface area contributed by atoms with E-state index in [9.17, 15) is 9.90 Å². The summed E-state index contributed by atoms with van der Waals surface area (Å²) in [6.45, 7) is 0. The smallest absolute Gasteiger partial charge is 0.119 e. The molecule has 0 aromatic heterocycles. The summed E-state index contributed by atoms with van der Waals surface area (Å²) in [6.07, 6.45) is -0.0678. The maximum Gasteiger partial charge on any atom is 0.119 e. The molecular weight excluding hydrogens is 230 g/mol. The second-order valence-electron chi connectivity index (χ2n) is 4.25. The molecule has 0 saturated heterocycles. The van der Waals surface area contributed by atoms with Crippen LogP contribution in [0.4, 0.5) is 0 Å². The number of carboxylic acid groups (broad SMARTS) is 1. The quantitative estimate of drug-likeness (QED) is 0.840. The lowest BCUT2D eigenvalue weighted by atomic mass is 10.0. The molecule has 2 rings (SSSR count). The van der Waals surface area contributed by atoms with E-state index in [0.29, 0.717) is 0 Å². The summed E-state index contributed by atoms with van der Waals surface area (Å²) in [5, 5.41) is 12.7. The number of fused-ring (bicyclic) bond motifs is 1. The van der Waals surface area contributed by atoms with Crippen LogP contribution in [0.5, 0.6) is 5.75 Å². The highest BCUT2D eigenvalue weighted by Crippen LogP contribution is 2.24. The summed E-state index contributed by atoms with van der Waals surface area (Å²) in [5.41, 5.74) is 4.74. The topological polar surface area (TPSA) is 77.0 Å². The van der Waals surface area contributed by atoms with Gasteiger partial charge in [-0.1, -0.05) is 18.2 Å². The highest BCUT2D eigenvalue weighted by atomic mass is 16.5. The van der Waals surface area contributed by atoms with Gasteiger partial charge in [0.05, 0.1) is 7.11 Å².